The number of nitrogens with zero attached hydrogens (tertiary/aromatic N) is 3. The van der Waals surface area contributed by atoms with Gasteiger partial charge in [-0.25, -0.2) is 0 Å². The number of hydrogen-bond acceptors (Lipinski definition) is 4. The van der Waals surface area contributed by atoms with Crippen LogP contribution in [0.25, 0.3) is 0 Å². The fourth-order valence-corrected chi connectivity index (χ4v) is 5.48. The minimum absolute atomic E-state index is 0.0376. The fraction of sp³-hybridized carbons (Fsp3) is 0.533. The van der Waals surface area contributed by atoms with Crippen molar-refractivity contribution in [1.29, 1.82) is 0 Å². The molecular weight excluding hydrogens is 450 g/mol. The van der Waals surface area contributed by atoms with Crippen LogP contribution in [0, 0.1) is 11.8 Å². The molecule has 0 aromatic heterocycles. The number of para-hydroxylation sites is 1. The summed E-state index contributed by atoms with van der Waals surface area (Å²) in [5.74, 6) is 1.21. The lowest BCUT2D eigenvalue weighted by Gasteiger charge is -2.41. The van der Waals surface area contributed by atoms with Crippen LogP contribution in [0.2, 0.25) is 0 Å². The topological polar surface area (TPSA) is 53.1 Å². The third kappa shape index (κ3) is 6.88. The quantitative estimate of drug-likeness (QED) is 0.548. The van der Waals surface area contributed by atoms with Gasteiger partial charge in [0, 0.05) is 57.4 Å². The van der Waals surface area contributed by atoms with Gasteiger partial charge in [0.05, 0.1) is 0 Å². The van der Waals surface area contributed by atoms with E-state index in [4.69, 9.17) is 4.74 Å². The predicted octanol–water partition coefficient (Wildman–Crippen LogP) is 4.45. The van der Waals surface area contributed by atoms with E-state index >= 15 is 0 Å². The first-order valence-corrected chi connectivity index (χ1v) is 13.4. The second-order valence-electron chi connectivity index (χ2n) is 10.6. The van der Waals surface area contributed by atoms with Crippen molar-refractivity contribution in [3.05, 3.63) is 66.2 Å². The van der Waals surface area contributed by atoms with Crippen molar-refractivity contribution >= 4 is 11.8 Å². The highest BCUT2D eigenvalue weighted by atomic mass is 16.5. The van der Waals surface area contributed by atoms with Crippen LogP contribution in [0.1, 0.15) is 45.1 Å². The van der Waals surface area contributed by atoms with Crippen molar-refractivity contribution in [1.82, 2.24) is 14.7 Å². The van der Waals surface area contributed by atoms with E-state index in [1.807, 2.05) is 72.6 Å². The lowest BCUT2D eigenvalue weighted by molar-refractivity contribution is -0.143. The van der Waals surface area contributed by atoms with Gasteiger partial charge in [-0.15, -0.1) is 0 Å². The van der Waals surface area contributed by atoms with E-state index in [1.165, 1.54) is 0 Å². The molecule has 2 aliphatic heterocycles. The Kier molecular flexibility index (Phi) is 9.03. The average molecular weight is 492 g/mol. The lowest BCUT2D eigenvalue weighted by Crippen LogP contribution is -2.52. The number of rotatable bonds is 8. The fourth-order valence-electron chi connectivity index (χ4n) is 5.48. The van der Waals surface area contributed by atoms with Crippen molar-refractivity contribution in [3.8, 4) is 5.75 Å². The summed E-state index contributed by atoms with van der Waals surface area (Å²) in [5.41, 5.74) is 1.11. The van der Waals surface area contributed by atoms with Gasteiger partial charge in [0.1, 0.15) is 11.9 Å². The van der Waals surface area contributed by atoms with Crippen LogP contribution >= 0.6 is 0 Å². The summed E-state index contributed by atoms with van der Waals surface area (Å²) in [6.45, 7) is 8.23. The minimum atomic E-state index is -0.0895. The van der Waals surface area contributed by atoms with E-state index in [9.17, 15) is 9.59 Å². The number of hydrogen-bond donors (Lipinski definition) is 0. The second kappa shape index (κ2) is 12.4. The third-order valence-corrected chi connectivity index (χ3v) is 7.74. The van der Waals surface area contributed by atoms with E-state index in [1.54, 1.807) is 4.90 Å². The molecule has 2 aliphatic rings. The SMILES string of the molecule is CC(C)N1CCC(C(=O)N2CC[C@H](Oc3ccccc3)[C@@H](CC(=O)N(C)Cc3ccccc3)C2)CC1. The van der Waals surface area contributed by atoms with Crippen molar-refractivity contribution in [2.24, 2.45) is 11.8 Å². The van der Waals surface area contributed by atoms with Crippen LogP contribution in [-0.2, 0) is 16.1 Å². The largest absolute Gasteiger partial charge is 0.490 e. The summed E-state index contributed by atoms with van der Waals surface area (Å²) in [6.07, 6.45) is 2.86. The molecule has 2 aromatic rings. The van der Waals surface area contributed by atoms with Crippen molar-refractivity contribution in [3.63, 3.8) is 0 Å². The maximum Gasteiger partial charge on any atom is 0.225 e. The molecular formula is C30H41N3O3. The van der Waals surface area contributed by atoms with Gasteiger partial charge in [-0.3, -0.25) is 9.59 Å². The number of amides is 2. The Labute approximate surface area is 216 Å². The standard InChI is InChI=1S/C30H41N3O3/c1-23(2)32-17-14-25(15-18-32)30(35)33-19-16-28(36-27-12-8-5-9-13-27)26(22-33)20-29(34)31(3)21-24-10-6-4-7-11-24/h4-13,23,25-26,28H,14-22H2,1-3H3/t26-,28-/m0/s1. The molecule has 0 unspecified atom stereocenters. The number of piperidine rings is 2. The van der Waals surface area contributed by atoms with Crippen LogP contribution in [0.15, 0.2) is 60.7 Å². The van der Waals surface area contributed by atoms with Crippen LogP contribution in [-0.4, -0.2) is 71.9 Å². The van der Waals surface area contributed by atoms with Crippen LogP contribution in [0.3, 0.4) is 0 Å². The van der Waals surface area contributed by atoms with E-state index in [2.05, 4.69) is 18.7 Å². The van der Waals surface area contributed by atoms with Crippen molar-refractivity contribution < 1.29 is 14.3 Å². The van der Waals surface area contributed by atoms with E-state index in [-0.39, 0.29) is 29.8 Å². The van der Waals surface area contributed by atoms with Crippen LogP contribution in [0.5, 0.6) is 5.75 Å². The first-order chi connectivity index (χ1) is 17.4. The average Bonchev–Trinajstić information content (AvgIpc) is 2.90. The highest BCUT2D eigenvalue weighted by Crippen LogP contribution is 2.29. The monoisotopic (exact) mass is 491 g/mol. The molecule has 2 atom stereocenters. The summed E-state index contributed by atoms with van der Waals surface area (Å²) in [7, 11) is 1.86. The maximum absolute atomic E-state index is 13.5. The van der Waals surface area contributed by atoms with Gasteiger partial charge < -0.3 is 19.4 Å². The zero-order chi connectivity index (χ0) is 25.5. The molecule has 2 saturated heterocycles. The summed E-state index contributed by atoms with van der Waals surface area (Å²) in [4.78, 5) is 33.0. The number of ether oxygens (including phenoxy) is 1. The number of likely N-dealkylation sites (tertiary alicyclic amines) is 2. The molecule has 2 amide bonds. The molecule has 6 heteroatoms. The molecule has 0 bridgehead atoms. The summed E-state index contributed by atoms with van der Waals surface area (Å²) >= 11 is 0. The zero-order valence-electron chi connectivity index (χ0n) is 22.0. The second-order valence-corrected chi connectivity index (χ2v) is 10.6. The molecule has 0 saturated carbocycles. The van der Waals surface area contributed by atoms with Gasteiger partial charge in [-0.1, -0.05) is 48.5 Å². The van der Waals surface area contributed by atoms with E-state index in [0.29, 0.717) is 32.1 Å². The van der Waals surface area contributed by atoms with Gasteiger partial charge in [-0.2, -0.15) is 0 Å². The molecule has 0 spiro atoms. The Morgan fingerprint density at radius 3 is 2.22 bits per heavy atom. The molecule has 36 heavy (non-hydrogen) atoms. The van der Waals surface area contributed by atoms with Crippen molar-refractivity contribution in [2.45, 2.75) is 58.2 Å². The molecule has 6 nitrogen and oxygen atoms in total. The molecule has 0 radical (unpaired) electrons. The first kappa shape index (κ1) is 26.2. The number of carbonyl (C=O) groups is 2. The van der Waals surface area contributed by atoms with Gasteiger partial charge in [0.25, 0.3) is 0 Å². The molecule has 0 aliphatic carbocycles. The molecule has 2 aromatic carbocycles. The Balaban J connectivity index is 1.41. The third-order valence-electron chi connectivity index (χ3n) is 7.74. The van der Waals surface area contributed by atoms with E-state index < -0.39 is 0 Å². The highest BCUT2D eigenvalue weighted by Gasteiger charge is 2.37. The molecule has 194 valence electrons. The van der Waals surface area contributed by atoms with Gasteiger partial charge >= 0.3 is 0 Å². The minimum Gasteiger partial charge on any atom is -0.490 e. The van der Waals surface area contributed by atoms with Gasteiger partial charge in [0.2, 0.25) is 11.8 Å². The Morgan fingerprint density at radius 2 is 1.58 bits per heavy atom. The predicted molar refractivity (Wildman–Crippen MR) is 143 cm³/mol. The summed E-state index contributed by atoms with van der Waals surface area (Å²) in [5, 5.41) is 0. The number of benzene rings is 2. The Morgan fingerprint density at radius 1 is 0.944 bits per heavy atom. The Hall–Kier alpha value is -2.86. The number of carbonyl (C=O) groups excluding carboxylic acids is 2. The van der Waals surface area contributed by atoms with Crippen LogP contribution in [0.4, 0.5) is 0 Å². The molecule has 0 N–H and O–H groups in total. The zero-order valence-corrected chi connectivity index (χ0v) is 22.0. The lowest BCUT2D eigenvalue weighted by atomic mass is 9.88. The highest BCUT2D eigenvalue weighted by molar-refractivity contribution is 5.79. The van der Waals surface area contributed by atoms with E-state index in [0.717, 1.165) is 43.7 Å². The van der Waals surface area contributed by atoms with Gasteiger partial charge in [0.15, 0.2) is 0 Å². The smallest absolute Gasteiger partial charge is 0.225 e. The summed E-state index contributed by atoms with van der Waals surface area (Å²) < 4.78 is 6.37. The van der Waals surface area contributed by atoms with Gasteiger partial charge in [-0.05, 0) is 57.5 Å². The van der Waals surface area contributed by atoms with Crippen molar-refractivity contribution in [2.75, 3.05) is 33.2 Å². The molecule has 2 heterocycles. The summed E-state index contributed by atoms with van der Waals surface area (Å²) in [6, 6.07) is 20.4. The normalized spacial score (nSPS) is 21.4. The molecule has 2 fully saturated rings. The first-order valence-electron chi connectivity index (χ1n) is 13.4. The molecule has 4 rings (SSSR count). The maximum atomic E-state index is 13.5. The Bertz CT molecular complexity index is 973. The van der Waals surface area contributed by atoms with Crippen LogP contribution < -0.4 is 4.74 Å².